The molecule has 0 aliphatic rings. The van der Waals surface area contributed by atoms with Crippen molar-refractivity contribution in [2.24, 2.45) is 5.73 Å². The zero-order valence-corrected chi connectivity index (χ0v) is 12.5. The summed E-state index contributed by atoms with van der Waals surface area (Å²) in [6, 6.07) is 7.31. The van der Waals surface area contributed by atoms with E-state index < -0.39 is 0 Å². The zero-order chi connectivity index (χ0) is 13.7. The van der Waals surface area contributed by atoms with Gasteiger partial charge in [-0.1, -0.05) is 42.7 Å². The summed E-state index contributed by atoms with van der Waals surface area (Å²) in [5, 5.41) is 0. The molecule has 2 unspecified atom stereocenters. The fourth-order valence-electron chi connectivity index (χ4n) is 2.46. The molecule has 2 N–H and O–H groups in total. The lowest BCUT2D eigenvalue weighted by molar-refractivity contribution is 0.231. The van der Waals surface area contributed by atoms with Crippen molar-refractivity contribution in [3.8, 4) is 0 Å². The molecule has 2 atom stereocenters. The molecule has 1 aromatic carbocycles. The number of hydrogen-bond donors (Lipinski definition) is 1. The van der Waals surface area contributed by atoms with E-state index in [-0.39, 0.29) is 6.04 Å². The van der Waals surface area contributed by atoms with E-state index in [2.05, 4.69) is 57.8 Å². The Morgan fingerprint density at radius 2 is 1.72 bits per heavy atom. The van der Waals surface area contributed by atoms with Crippen molar-refractivity contribution in [3.05, 3.63) is 34.9 Å². The molecule has 0 radical (unpaired) electrons. The van der Waals surface area contributed by atoms with Crippen LogP contribution in [0.4, 0.5) is 0 Å². The first-order valence-electron chi connectivity index (χ1n) is 6.98. The van der Waals surface area contributed by atoms with Crippen LogP contribution < -0.4 is 5.73 Å². The fraction of sp³-hybridized carbons (Fsp3) is 0.625. The van der Waals surface area contributed by atoms with Gasteiger partial charge in [-0.25, -0.2) is 0 Å². The third kappa shape index (κ3) is 4.43. The Hall–Kier alpha value is -0.860. The number of likely N-dealkylation sites (N-methyl/N-ethyl adjacent to an activating group) is 1. The summed E-state index contributed by atoms with van der Waals surface area (Å²) >= 11 is 0. The van der Waals surface area contributed by atoms with E-state index in [1.807, 2.05) is 0 Å². The molecule has 2 heteroatoms. The largest absolute Gasteiger partial charge is 0.323 e. The molecule has 0 aromatic heterocycles. The molecule has 0 spiro atoms. The molecule has 0 saturated carbocycles. The van der Waals surface area contributed by atoms with E-state index in [9.17, 15) is 0 Å². The Balaban J connectivity index is 2.66. The summed E-state index contributed by atoms with van der Waals surface area (Å²) in [6.07, 6.45) is 2.46. The molecule has 0 fully saturated rings. The number of aryl methyl sites for hydroxylation is 2. The molecule has 0 aliphatic carbocycles. The molecule has 0 saturated heterocycles. The summed E-state index contributed by atoms with van der Waals surface area (Å²) in [6.45, 7) is 9.69. The molecule has 0 aliphatic heterocycles. The maximum absolute atomic E-state index is 6.33. The summed E-state index contributed by atoms with van der Waals surface area (Å²) in [5.41, 5.74) is 10.2. The van der Waals surface area contributed by atoms with E-state index >= 15 is 0 Å². The highest BCUT2D eigenvalue weighted by Crippen LogP contribution is 2.17. The molecular weight excluding hydrogens is 220 g/mol. The van der Waals surface area contributed by atoms with Gasteiger partial charge in [0, 0.05) is 18.6 Å². The molecule has 2 nitrogen and oxygen atoms in total. The lowest BCUT2D eigenvalue weighted by atomic mass is 10.0. The topological polar surface area (TPSA) is 29.3 Å². The summed E-state index contributed by atoms with van der Waals surface area (Å²) < 4.78 is 0. The smallest absolute Gasteiger partial charge is 0.0424 e. The molecule has 0 heterocycles. The Kier molecular flexibility index (Phi) is 5.83. The van der Waals surface area contributed by atoms with E-state index in [0.717, 1.165) is 6.54 Å². The SMILES string of the molecule is CCCC(C)N(C)CC(N)c1cc(C)cc(C)c1. The highest BCUT2D eigenvalue weighted by Gasteiger charge is 2.14. The van der Waals surface area contributed by atoms with Gasteiger partial charge >= 0.3 is 0 Å². The maximum atomic E-state index is 6.33. The van der Waals surface area contributed by atoms with Crippen LogP contribution >= 0.6 is 0 Å². The zero-order valence-electron chi connectivity index (χ0n) is 12.5. The number of benzene rings is 1. The Labute approximate surface area is 112 Å². The van der Waals surface area contributed by atoms with E-state index in [0.29, 0.717) is 6.04 Å². The van der Waals surface area contributed by atoms with E-state index in [1.54, 1.807) is 0 Å². The van der Waals surface area contributed by atoms with Crippen molar-refractivity contribution >= 4 is 0 Å². The predicted molar refractivity (Wildman–Crippen MR) is 79.8 cm³/mol. The first-order valence-corrected chi connectivity index (χ1v) is 6.98. The number of nitrogens with two attached hydrogens (primary N) is 1. The quantitative estimate of drug-likeness (QED) is 0.836. The fourth-order valence-corrected chi connectivity index (χ4v) is 2.46. The van der Waals surface area contributed by atoms with Gasteiger partial charge in [0.15, 0.2) is 0 Å². The van der Waals surface area contributed by atoms with Crippen LogP contribution in [-0.4, -0.2) is 24.5 Å². The van der Waals surface area contributed by atoms with E-state index in [4.69, 9.17) is 5.73 Å². The first-order chi connectivity index (χ1) is 8.43. The minimum atomic E-state index is 0.105. The first kappa shape index (κ1) is 15.2. The lowest BCUT2D eigenvalue weighted by Crippen LogP contribution is -2.35. The van der Waals surface area contributed by atoms with Gasteiger partial charge in [-0.2, -0.15) is 0 Å². The third-order valence-electron chi connectivity index (χ3n) is 3.62. The molecule has 0 amide bonds. The lowest BCUT2D eigenvalue weighted by Gasteiger charge is -2.27. The van der Waals surface area contributed by atoms with Gasteiger partial charge in [0.2, 0.25) is 0 Å². The minimum Gasteiger partial charge on any atom is -0.323 e. The standard InChI is InChI=1S/C16H28N2/c1-6-7-14(4)18(5)11-16(17)15-9-12(2)8-13(3)10-15/h8-10,14,16H,6-7,11,17H2,1-5H3. The molecule has 0 bridgehead atoms. The van der Waals surface area contributed by atoms with Crippen molar-refractivity contribution in [2.75, 3.05) is 13.6 Å². The monoisotopic (exact) mass is 248 g/mol. The predicted octanol–water partition coefficient (Wildman–Crippen LogP) is 3.42. The minimum absolute atomic E-state index is 0.105. The van der Waals surface area contributed by atoms with Crippen molar-refractivity contribution in [3.63, 3.8) is 0 Å². The van der Waals surface area contributed by atoms with Crippen molar-refractivity contribution in [2.45, 2.75) is 52.6 Å². The Bertz CT molecular complexity index is 353. The summed E-state index contributed by atoms with van der Waals surface area (Å²) in [5.74, 6) is 0. The van der Waals surface area contributed by atoms with Crippen LogP contribution in [0.15, 0.2) is 18.2 Å². The highest BCUT2D eigenvalue weighted by atomic mass is 15.1. The number of hydrogen-bond acceptors (Lipinski definition) is 2. The van der Waals surface area contributed by atoms with Crippen LogP contribution in [0.3, 0.4) is 0 Å². The van der Waals surface area contributed by atoms with Gasteiger partial charge in [0.1, 0.15) is 0 Å². The van der Waals surface area contributed by atoms with Gasteiger partial charge in [-0.05, 0) is 39.8 Å². The maximum Gasteiger partial charge on any atom is 0.0424 e. The molecule has 102 valence electrons. The number of nitrogens with zero attached hydrogens (tertiary/aromatic N) is 1. The van der Waals surface area contributed by atoms with Crippen LogP contribution in [0, 0.1) is 13.8 Å². The van der Waals surface area contributed by atoms with Crippen LogP contribution in [-0.2, 0) is 0 Å². The molecule has 18 heavy (non-hydrogen) atoms. The van der Waals surface area contributed by atoms with E-state index in [1.165, 1.54) is 29.5 Å². The summed E-state index contributed by atoms with van der Waals surface area (Å²) in [4.78, 5) is 2.37. The second-order valence-corrected chi connectivity index (χ2v) is 5.60. The molecule has 1 aromatic rings. The Morgan fingerprint density at radius 3 is 2.22 bits per heavy atom. The molecular formula is C16H28N2. The number of rotatable bonds is 6. The van der Waals surface area contributed by atoms with Crippen LogP contribution in [0.2, 0.25) is 0 Å². The van der Waals surface area contributed by atoms with Crippen LogP contribution in [0.25, 0.3) is 0 Å². The van der Waals surface area contributed by atoms with Crippen molar-refractivity contribution < 1.29 is 0 Å². The normalized spacial score (nSPS) is 14.8. The van der Waals surface area contributed by atoms with Crippen molar-refractivity contribution in [1.82, 2.24) is 4.90 Å². The second-order valence-electron chi connectivity index (χ2n) is 5.60. The second kappa shape index (κ2) is 6.91. The summed E-state index contributed by atoms with van der Waals surface area (Å²) in [7, 11) is 2.17. The van der Waals surface area contributed by atoms with Gasteiger partial charge in [-0.15, -0.1) is 0 Å². The van der Waals surface area contributed by atoms with Crippen LogP contribution in [0.1, 0.15) is 49.4 Å². The average Bonchev–Trinajstić information content (AvgIpc) is 2.27. The molecule has 1 rings (SSSR count). The van der Waals surface area contributed by atoms with Gasteiger partial charge in [0.25, 0.3) is 0 Å². The van der Waals surface area contributed by atoms with Gasteiger partial charge in [-0.3, -0.25) is 0 Å². The third-order valence-corrected chi connectivity index (χ3v) is 3.62. The van der Waals surface area contributed by atoms with Gasteiger partial charge in [0.05, 0.1) is 0 Å². The van der Waals surface area contributed by atoms with Gasteiger partial charge < -0.3 is 10.6 Å². The average molecular weight is 248 g/mol. The van der Waals surface area contributed by atoms with Crippen molar-refractivity contribution in [1.29, 1.82) is 0 Å². The van der Waals surface area contributed by atoms with Crippen LogP contribution in [0.5, 0.6) is 0 Å². The highest BCUT2D eigenvalue weighted by molar-refractivity contribution is 5.30. The Morgan fingerprint density at radius 1 is 1.17 bits per heavy atom.